The van der Waals surface area contributed by atoms with E-state index in [1.807, 2.05) is 6.08 Å². The SMILES string of the molecule is CCCCC1O[C@H]1/C=C/C=O. The molecule has 0 aromatic rings. The Labute approximate surface area is 67.2 Å². The lowest BCUT2D eigenvalue weighted by atomic mass is 10.1. The highest BCUT2D eigenvalue weighted by Gasteiger charge is 2.35. The van der Waals surface area contributed by atoms with Crippen LogP contribution in [0.5, 0.6) is 0 Å². The van der Waals surface area contributed by atoms with Crippen LogP contribution in [0, 0.1) is 0 Å². The van der Waals surface area contributed by atoms with Gasteiger partial charge < -0.3 is 4.74 Å². The van der Waals surface area contributed by atoms with Crippen LogP contribution in [0.4, 0.5) is 0 Å². The Balaban J connectivity index is 2.06. The van der Waals surface area contributed by atoms with Gasteiger partial charge in [-0.05, 0) is 12.5 Å². The highest BCUT2D eigenvalue weighted by atomic mass is 16.6. The highest BCUT2D eigenvalue weighted by molar-refractivity contribution is 5.64. The molecule has 0 aromatic heterocycles. The van der Waals surface area contributed by atoms with Crippen molar-refractivity contribution in [2.45, 2.75) is 38.4 Å². The second kappa shape index (κ2) is 4.29. The van der Waals surface area contributed by atoms with E-state index in [2.05, 4.69) is 6.92 Å². The Morgan fingerprint density at radius 3 is 3.00 bits per heavy atom. The number of ether oxygens (including phenoxy) is 1. The molecule has 0 aliphatic carbocycles. The molecule has 1 aliphatic rings. The van der Waals surface area contributed by atoms with E-state index in [0.717, 1.165) is 12.7 Å². The van der Waals surface area contributed by atoms with Crippen LogP contribution in [0.1, 0.15) is 26.2 Å². The molecule has 2 atom stereocenters. The smallest absolute Gasteiger partial charge is 0.142 e. The van der Waals surface area contributed by atoms with Gasteiger partial charge >= 0.3 is 0 Å². The molecular weight excluding hydrogens is 140 g/mol. The molecular formula is C9H14O2. The number of aldehydes is 1. The summed E-state index contributed by atoms with van der Waals surface area (Å²) in [5.74, 6) is 0. The number of allylic oxidation sites excluding steroid dienone is 1. The summed E-state index contributed by atoms with van der Waals surface area (Å²) >= 11 is 0. The highest BCUT2D eigenvalue weighted by Crippen LogP contribution is 2.27. The summed E-state index contributed by atoms with van der Waals surface area (Å²) in [5, 5.41) is 0. The van der Waals surface area contributed by atoms with Crippen LogP contribution in [0.3, 0.4) is 0 Å². The van der Waals surface area contributed by atoms with E-state index in [1.54, 1.807) is 0 Å². The first-order chi connectivity index (χ1) is 5.38. The summed E-state index contributed by atoms with van der Waals surface area (Å²) in [5.41, 5.74) is 0. The van der Waals surface area contributed by atoms with Crippen molar-refractivity contribution in [1.29, 1.82) is 0 Å². The molecule has 0 aromatic carbocycles. The van der Waals surface area contributed by atoms with Gasteiger partial charge in [0.1, 0.15) is 12.4 Å². The number of unbranched alkanes of at least 4 members (excludes halogenated alkanes) is 1. The molecule has 0 bridgehead atoms. The van der Waals surface area contributed by atoms with Gasteiger partial charge in [0.05, 0.1) is 6.10 Å². The van der Waals surface area contributed by atoms with Gasteiger partial charge in [0, 0.05) is 0 Å². The topological polar surface area (TPSA) is 29.6 Å². The number of hydrogen-bond donors (Lipinski definition) is 0. The Morgan fingerprint density at radius 2 is 2.36 bits per heavy atom. The fourth-order valence-electron chi connectivity index (χ4n) is 1.12. The van der Waals surface area contributed by atoms with Crippen LogP contribution >= 0.6 is 0 Å². The van der Waals surface area contributed by atoms with Crippen LogP contribution in [0.25, 0.3) is 0 Å². The number of carbonyl (C=O) groups is 1. The molecule has 2 nitrogen and oxygen atoms in total. The Kier molecular flexibility index (Phi) is 3.30. The predicted molar refractivity (Wildman–Crippen MR) is 43.4 cm³/mol. The van der Waals surface area contributed by atoms with E-state index in [9.17, 15) is 4.79 Å². The zero-order valence-corrected chi connectivity index (χ0v) is 6.82. The van der Waals surface area contributed by atoms with E-state index < -0.39 is 0 Å². The third kappa shape index (κ3) is 2.85. The largest absolute Gasteiger partial charge is 0.365 e. The normalized spacial score (nSPS) is 29.2. The molecule has 0 amide bonds. The van der Waals surface area contributed by atoms with Crippen molar-refractivity contribution in [1.82, 2.24) is 0 Å². The molecule has 1 fully saturated rings. The molecule has 1 saturated heterocycles. The van der Waals surface area contributed by atoms with Gasteiger partial charge in [-0.25, -0.2) is 0 Å². The molecule has 1 rings (SSSR count). The van der Waals surface area contributed by atoms with E-state index in [1.165, 1.54) is 18.9 Å². The van der Waals surface area contributed by atoms with Crippen molar-refractivity contribution in [2.75, 3.05) is 0 Å². The molecule has 2 heteroatoms. The zero-order chi connectivity index (χ0) is 8.10. The molecule has 0 spiro atoms. The molecule has 0 N–H and O–H groups in total. The second-order valence-corrected chi connectivity index (χ2v) is 2.80. The molecule has 1 unspecified atom stereocenters. The minimum absolute atomic E-state index is 0.228. The van der Waals surface area contributed by atoms with Crippen LogP contribution in [0.2, 0.25) is 0 Å². The molecule has 0 radical (unpaired) electrons. The Morgan fingerprint density at radius 1 is 1.55 bits per heavy atom. The summed E-state index contributed by atoms with van der Waals surface area (Å²) in [6.07, 6.45) is 8.31. The number of rotatable bonds is 5. The van der Waals surface area contributed by atoms with Crippen LogP contribution in [-0.2, 0) is 9.53 Å². The van der Waals surface area contributed by atoms with Gasteiger partial charge in [-0.15, -0.1) is 0 Å². The quantitative estimate of drug-likeness (QED) is 0.342. The van der Waals surface area contributed by atoms with Crippen molar-refractivity contribution in [3.8, 4) is 0 Å². The lowest BCUT2D eigenvalue weighted by molar-refractivity contribution is -0.104. The lowest BCUT2D eigenvalue weighted by Crippen LogP contribution is -1.89. The van der Waals surface area contributed by atoms with Crippen LogP contribution < -0.4 is 0 Å². The fourth-order valence-corrected chi connectivity index (χ4v) is 1.12. The Hall–Kier alpha value is -0.630. The van der Waals surface area contributed by atoms with Crippen molar-refractivity contribution in [2.24, 2.45) is 0 Å². The van der Waals surface area contributed by atoms with Gasteiger partial charge in [-0.1, -0.05) is 25.8 Å². The Bertz CT molecular complexity index is 152. The van der Waals surface area contributed by atoms with Gasteiger partial charge in [0.25, 0.3) is 0 Å². The summed E-state index contributed by atoms with van der Waals surface area (Å²) in [6.45, 7) is 2.17. The summed E-state index contributed by atoms with van der Waals surface area (Å²) < 4.78 is 5.28. The van der Waals surface area contributed by atoms with Crippen LogP contribution in [0.15, 0.2) is 12.2 Å². The summed E-state index contributed by atoms with van der Waals surface area (Å²) in [4.78, 5) is 9.92. The average Bonchev–Trinajstić information content (AvgIpc) is 2.76. The monoisotopic (exact) mass is 154 g/mol. The third-order valence-electron chi connectivity index (χ3n) is 1.84. The maximum atomic E-state index is 9.92. The number of carbonyl (C=O) groups excluding carboxylic acids is 1. The number of epoxide rings is 1. The van der Waals surface area contributed by atoms with Gasteiger partial charge in [0.2, 0.25) is 0 Å². The van der Waals surface area contributed by atoms with Gasteiger partial charge in [-0.3, -0.25) is 4.79 Å². The van der Waals surface area contributed by atoms with Crippen molar-refractivity contribution in [3.05, 3.63) is 12.2 Å². The van der Waals surface area contributed by atoms with E-state index >= 15 is 0 Å². The maximum absolute atomic E-state index is 9.92. The minimum Gasteiger partial charge on any atom is -0.365 e. The summed E-state index contributed by atoms with van der Waals surface area (Å²) in [6, 6.07) is 0. The molecule has 11 heavy (non-hydrogen) atoms. The van der Waals surface area contributed by atoms with E-state index in [4.69, 9.17) is 4.74 Å². The van der Waals surface area contributed by atoms with Crippen LogP contribution in [-0.4, -0.2) is 18.5 Å². The lowest BCUT2D eigenvalue weighted by Gasteiger charge is -1.88. The predicted octanol–water partition coefficient (Wildman–Crippen LogP) is 1.70. The molecule has 1 heterocycles. The summed E-state index contributed by atoms with van der Waals surface area (Å²) in [7, 11) is 0. The van der Waals surface area contributed by atoms with Crippen molar-refractivity contribution in [3.63, 3.8) is 0 Å². The van der Waals surface area contributed by atoms with E-state index in [0.29, 0.717) is 6.10 Å². The molecule has 0 saturated carbocycles. The van der Waals surface area contributed by atoms with E-state index in [-0.39, 0.29) is 6.10 Å². The first kappa shape index (κ1) is 8.47. The third-order valence-corrected chi connectivity index (χ3v) is 1.84. The number of hydrogen-bond acceptors (Lipinski definition) is 2. The van der Waals surface area contributed by atoms with Gasteiger partial charge in [0.15, 0.2) is 0 Å². The molecule has 1 aliphatic heterocycles. The first-order valence-electron chi connectivity index (χ1n) is 4.16. The fraction of sp³-hybridized carbons (Fsp3) is 0.667. The first-order valence-corrected chi connectivity index (χ1v) is 4.16. The van der Waals surface area contributed by atoms with Gasteiger partial charge in [-0.2, -0.15) is 0 Å². The second-order valence-electron chi connectivity index (χ2n) is 2.80. The average molecular weight is 154 g/mol. The zero-order valence-electron chi connectivity index (χ0n) is 6.82. The molecule has 62 valence electrons. The van der Waals surface area contributed by atoms with Crippen molar-refractivity contribution >= 4 is 6.29 Å². The van der Waals surface area contributed by atoms with Crippen molar-refractivity contribution < 1.29 is 9.53 Å². The maximum Gasteiger partial charge on any atom is 0.142 e. The standard InChI is InChI=1S/C9H14O2/c1-2-3-5-8-9(11-8)6-4-7-10/h4,6-9H,2-3,5H2,1H3/b6-4+/t8?,9-/m0/s1. The minimum atomic E-state index is 0.228.